The number of aromatic nitrogens is 2. The predicted molar refractivity (Wildman–Crippen MR) is 115 cm³/mol. The molecule has 0 amide bonds. The van der Waals surface area contributed by atoms with Gasteiger partial charge in [0.1, 0.15) is 5.82 Å². The van der Waals surface area contributed by atoms with Crippen molar-refractivity contribution in [2.45, 2.75) is 32.2 Å². The molecule has 3 aromatic rings. The smallest absolute Gasteiger partial charge is 0.103 e. The van der Waals surface area contributed by atoms with Gasteiger partial charge in [0.2, 0.25) is 0 Å². The van der Waals surface area contributed by atoms with Crippen LogP contribution in [0.5, 0.6) is 0 Å². The molecule has 28 heavy (non-hydrogen) atoms. The van der Waals surface area contributed by atoms with Gasteiger partial charge in [-0.3, -0.25) is 4.90 Å². The van der Waals surface area contributed by atoms with Gasteiger partial charge < -0.3 is 10.3 Å². The van der Waals surface area contributed by atoms with Gasteiger partial charge in [-0.15, -0.1) is 0 Å². The van der Waals surface area contributed by atoms with Crippen molar-refractivity contribution in [2.75, 3.05) is 26.2 Å². The summed E-state index contributed by atoms with van der Waals surface area (Å²) in [5.41, 5.74) is 4.73. The second-order valence-corrected chi connectivity index (χ2v) is 7.93. The second-order valence-electron chi connectivity index (χ2n) is 7.93. The minimum absolute atomic E-state index is 0.189. The van der Waals surface area contributed by atoms with E-state index in [0.29, 0.717) is 0 Å². The monoisotopic (exact) mass is 374 g/mol. The highest BCUT2D eigenvalue weighted by atomic mass is 15.3. The highest BCUT2D eigenvalue weighted by molar-refractivity contribution is 5.41. The lowest BCUT2D eigenvalue weighted by molar-refractivity contribution is 0.0672. The quantitative estimate of drug-likeness (QED) is 0.710. The van der Waals surface area contributed by atoms with Crippen LogP contribution in [0.2, 0.25) is 0 Å². The average molecular weight is 375 g/mol. The molecule has 0 bridgehead atoms. The molecule has 2 N–H and O–H groups in total. The van der Waals surface area contributed by atoms with E-state index < -0.39 is 0 Å². The lowest BCUT2D eigenvalue weighted by Gasteiger charge is -2.48. The van der Waals surface area contributed by atoms with Crippen molar-refractivity contribution in [1.82, 2.24) is 20.2 Å². The van der Waals surface area contributed by atoms with E-state index in [1.165, 1.54) is 11.1 Å². The van der Waals surface area contributed by atoms with E-state index in [4.69, 9.17) is 4.98 Å². The third-order valence-electron chi connectivity index (χ3n) is 6.08. The summed E-state index contributed by atoms with van der Waals surface area (Å²) in [5.74, 6) is 1.17. The lowest BCUT2D eigenvalue weighted by Crippen LogP contribution is -2.56. The first-order chi connectivity index (χ1) is 13.6. The highest BCUT2D eigenvalue weighted by Crippen LogP contribution is 2.46. The number of piperazine rings is 1. The summed E-state index contributed by atoms with van der Waals surface area (Å²) in [5, 5.41) is 3.51. The zero-order chi connectivity index (χ0) is 19.6. The Hall–Kier alpha value is -2.43. The van der Waals surface area contributed by atoms with Gasteiger partial charge in [0.25, 0.3) is 0 Å². The lowest BCUT2D eigenvalue weighted by atomic mass is 9.72. The molecule has 0 radical (unpaired) electrons. The summed E-state index contributed by atoms with van der Waals surface area (Å²) in [4.78, 5) is 11.1. The van der Waals surface area contributed by atoms with Crippen molar-refractivity contribution >= 4 is 0 Å². The number of hydrogen-bond donors (Lipinski definition) is 2. The molecule has 1 fully saturated rings. The normalized spacial score (nSPS) is 17.6. The number of nitrogens with zero attached hydrogens (tertiary/aromatic N) is 2. The van der Waals surface area contributed by atoms with Crippen LogP contribution < -0.4 is 5.32 Å². The first-order valence-corrected chi connectivity index (χ1v) is 10.2. The van der Waals surface area contributed by atoms with Gasteiger partial charge in [-0.05, 0) is 31.9 Å². The fraction of sp³-hybridized carbons (Fsp3) is 0.375. The molecule has 1 aromatic heterocycles. The first kappa shape index (κ1) is 18.9. The van der Waals surface area contributed by atoms with Crippen LogP contribution in [0.3, 0.4) is 0 Å². The maximum Gasteiger partial charge on any atom is 0.103 e. The molecule has 0 aliphatic carbocycles. The minimum Gasteiger partial charge on any atom is -0.346 e. The molecule has 146 valence electrons. The number of aryl methyl sites for hydroxylation is 2. The number of hydrogen-bond acceptors (Lipinski definition) is 3. The van der Waals surface area contributed by atoms with Crippen LogP contribution in [-0.2, 0) is 5.54 Å². The van der Waals surface area contributed by atoms with Gasteiger partial charge in [-0.1, -0.05) is 60.7 Å². The Morgan fingerprint density at radius 3 is 1.89 bits per heavy atom. The Labute approximate surface area is 168 Å². The second kappa shape index (κ2) is 7.90. The summed E-state index contributed by atoms with van der Waals surface area (Å²) in [6, 6.07) is 21.8. The largest absolute Gasteiger partial charge is 0.346 e. The molecule has 1 aliphatic rings. The van der Waals surface area contributed by atoms with Crippen LogP contribution in [0, 0.1) is 13.8 Å². The molecular formula is C24H30N4. The van der Waals surface area contributed by atoms with E-state index in [-0.39, 0.29) is 11.5 Å². The van der Waals surface area contributed by atoms with E-state index in [9.17, 15) is 0 Å². The van der Waals surface area contributed by atoms with Crippen molar-refractivity contribution in [3.63, 3.8) is 0 Å². The zero-order valence-electron chi connectivity index (χ0n) is 17.1. The Bertz CT molecular complexity index is 857. The van der Waals surface area contributed by atoms with Crippen molar-refractivity contribution in [1.29, 1.82) is 0 Å². The highest BCUT2D eigenvalue weighted by Gasteiger charge is 2.45. The summed E-state index contributed by atoms with van der Waals surface area (Å²) >= 11 is 0. The van der Waals surface area contributed by atoms with Crippen LogP contribution in [0.25, 0.3) is 0 Å². The Kier molecular flexibility index (Phi) is 5.33. The molecule has 1 aliphatic heterocycles. The van der Waals surface area contributed by atoms with Gasteiger partial charge in [0.15, 0.2) is 0 Å². The molecule has 4 heteroatoms. The van der Waals surface area contributed by atoms with E-state index in [2.05, 4.69) is 96.6 Å². The molecule has 1 unspecified atom stereocenters. The molecular weight excluding hydrogens is 344 g/mol. The summed E-state index contributed by atoms with van der Waals surface area (Å²) in [6.45, 7) is 10.6. The van der Waals surface area contributed by atoms with Crippen molar-refractivity contribution in [2.24, 2.45) is 0 Å². The predicted octanol–water partition coefficient (Wildman–Crippen LogP) is 3.98. The molecule has 1 saturated heterocycles. The number of benzene rings is 2. The van der Waals surface area contributed by atoms with Crippen LogP contribution in [0.4, 0.5) is 0 Å². The van der Waals surface area contributed by atoms with Crippen molar-refractivity contribution in [3.05, 3.63) is 89.0 Å². The number of aromatic amines is 1. The molecule has 2 aromatic carbocycles. The molecule has 2 heterocycles. The van der Waals surface area contributed by atoms with Crippen molar-refractivity contribution < 1.29 is 0 Å². The number of nitrogens with one attached hydrogen (secondary N) is 2. The maximum atomic E-state index is 5.01. The SMILES string of the molecule is Cc1nc(C(C)(C(c2ccccc2)c2ccccc2)N2CCNCC2)c(C)[nH]1. The molecule has 0 saturated carbocycles. The topological polar surface area (TPSA) is 44.0 Å². The summed E-state index contributed by atoms with van der Waals surface area (Å²) < 4.78 is 0. The van der Waals surface area contributed by atoms with Gasteiger partial charge >= 0.3 is 0 Å². The zero-order valence-corrected chi connectivity index (χ0v) is 17.1. The van der Waals surface area contributed by atoms with Gasteiger partial charge in [-0.25, -0.2) is 4.98 Å². The van der Waals surface area contributed by atoms with E-state index >= 15 is 0 Å². The minimum atomic E-state index is -0.250. The van der Waals surface area contributed by atoms with E-state index in [0.717, 1.165) is 43.4 Å². The molecule has 4 nitrogen and oxygen atoms in total. The van der Waals surface area contributed by atoms with Gasteiger partial charge in [-0.2, -0.15) is 0 Å². The molecule has 0 spiro atoms. The van der Waals surface area contributed by atoms with E-state index in [1.807, 2.05) is 0 Å². The third-order valence-corrected chi connectivity index (χ3v) is 6.08. The van der Waals surface area contributed by atoms with Gasteiger partial charge in [0, 0.05) is 37.8 Å². The number of imidazole rings is 1. The summed E-state index contributed by atoms with van der Waals surface area (Å²) in [6.07, 6.45) is 0. The maximum absolute atomic E-state index is 5.01. The Morgan fingerprint density at radius 2 is 1.43 bits per heavy atom. The fourth-order valence-corrected chi connectivity index (χ4v) is 4.83. The number of rotatable bonds is 5. The third kappa shape index (κ3) is 3.38. The average Bonchev–Trinajstić information content (AvgIpc) is 3.09. The van der Waals surface area contributed by atoms with Crippen LogP contribution in [0.1, 0.15) is 41.2 Å². The van der Waals surface area contributed by atoms with Crippen molar-refractivity contribution in [3.8, 4) is 0 Å². The van der Waals surface area contributed by atoms with Crippen LogP contribution in [-0.4, -0.2) is 41.0 Å². The van der Waals surface area contributed by atoms with Crippen LogP contribution >= 0.6 is 0 Å². The van der Waals surface area contributed by atoms with Crippen LogP contribution in [0.15, 0.2) is 60.7 Å². The Morgan fingerprint density at radius 1 is 0.893 bits per heavy atom. The standard InChI is InChI=1S/C24H30N4/c1-18-23(27-19(2)26-18)24(3,28-16-14-25-15-17-28)22(20-10-6-4-7-11-20)21-12-8-5-9-13-21/h4-13,22,25H,14-17H2,1-3H3,(H,26,27). The first-order valence-electron chi connectivity index (χ1n) is 10.2. The molecule has 1 atom stereocenters. The summed E-state index contributed by atoms with van der Waals surface area (Å²) in [7, 11) is 0. The fourth-order valence-electron chi connectivity index (χ4n) is 4.83. The van der Waals surface area contributed by atoms with Gasteiger partial charge in [0.05, 0.1) is 11.2 Å². The Balaban J connectivity index is 1.95. The number of H-pyrrole nitrogens is 1. The van der Waals surface area contributed by atoms with E-state index in [1.54, 1.807) is 0 Å². The molecule has 4 rings (SSSR count).